The Morgan fingerprint density at radius 3 is 2.62 bits per heavy atom. The zero-order chi connectivity index (χ0) is 22.7. The van der Waals surface area contributed by atoms with E-state index in [-0.39, 0.29) is 18.2 Å². The summed E-state index contributed by atoms with van der Waals surface area (Å²) in [6.07, 6.45) is -3.08. The number of hydrogen-bond donors (Lipinski definition) is 1. The molecular weight excluding hydrogens is 421 g/mol. The van der Waals surface area contributed by atoms with Gasteiger partial charge < -0.3 is 9.84 Å². The van der Waals surface area contributed by atoms with Crippen molar-refractivity contribution in [3.05, 3.63) is 65.5 Å². The summed E-state index contributed by atoms with van der Waals surface area (Å²) >= 11 is 0. The van der Waals surface area contributed by atoms with Crippen molar-refractivity contribution in [3.8, 4) is 11.4 Å². The quantitative estimate of drug-likeness (QED) is 0.607. The average molecular weight is 444 g/mol. The Morgan fingerprint density at radius 2 is 1.91 bits per heavy atom. The first-order valence-corrected chi connectivity index (χ1v) is 10.4. The lowest BCUT2D eigenvalue weighted by Crippen LogP contribution is -2.39. The summed E-state index contributed by atoms with van der Waals surface area (Å²) in [4.78, 5) is 18.8. The first kappa shape index (κ1) is 22.0. The smallest absolute Gasteiger partial charge is 0.339 e. The number of anilines is 1. The number of carbonyl (C=O) groups excluding carboxylic acids is 1. The van der Waals surface area contributed by atoms with Gasteiger partial charge in [-0.3, -0.25) is 9.69 Å². The van der Waals surface area contributed by atoms with Crippen LogP contribution in [0.2, 0.25) is 0 Å². The number of aromatic nitrogens is 2. The van der Waals surface area contributed by atoms with Crippen molar-refractivity contribution >= 4 is 11.6 Å². The molecule has 2 aromatic carbocycles. The number of carbonyl (C=O) groups is 1. The lowest BCUT2D eigenvalue weighted by Gasteiger charge is -2.29. The zero-order valence-electron chi connectivity index (χ0n) is 17.5. The van der Waals surface area contributed by atoms with Gasteiger partial charge in [-0.2, -0.15) is 18.2 Å². The van der Waals surface area contributed by atoms with Gasteiger partial charge in [0.15, 0.2) is 0 Å². The maximum atomic E-state index is 13.1. The minimum Gasteiger partial charge on any atom is -0.339 e. The fourth-order valence-electron chi connectivity index (χ4n) is 3.87. The van der Waals surface area contributed by atoms with Gasteiger partial charge in [-0.25, -0.2) is 0 Å². The molecule has 0 bridgehead atoms. The molecule has 1 aromatic heterocycles. The number of hydrogen-bond acceptors (Lipinski definition) is 5. The number of amides is 1. The molecule has 0 radical (unpaired) electrons. The van der Waals surface area contributed by atoms with Crippen molar-refractivity contribution < 1.29 is 22.5 Å². The molecule has 1 aliphatic heterocycles. The third-order valence-corrected chi connectivity index (χ3v) is 5.53. The topological polar surface area (TPSA) is 71.3 Å². The maximum Gasteiger partial charge on any atom is 0.418 e. The van der Waals surface area contributed by atoms with Crippen LogP contribution in [0.5, 0.6) is 0 Å². The van der Waals surface area contributed by atoms with Gasteiger partial charge in [0.25, 0.3) is 0 Å². The molecule has 9 heteroatoms. The van der Waals surface area contributed by atoms with E-state index in [4.69, 9.17) is 4.52 Å². The van der Waals surface area contributed by atoms with Crippen molar-refractivity contribution in [2.45, 2.75) is 31.9 Å². The number of likely N-dealkylation sites (tertiary alicyclic amines) is 1. The summed E-state index contributed by atoms with van der Waals surface area (Å²) in [6, 6.07) is 12.8. The normalized spacial score (nSPS) is 15.6. The van der Waals surface area contributed by atoms with Gasteiger partial charge >= 0.3 is 6.18 Å². The highest BCUT2D eigenvalue weighted by Crippen LogP contribution is 2.34. The van der Waals surface area contributed by atoms with Crippen molar-refractivity contribution in [2.75, 3.05) is 25.0 Å². The van der Waals surface area contributed by atoms with Crippen LogP contribution in [0.15, 0.2) is 53.1 Å². The second-order valence-electron chi connectivity index (χ2n) is 7.97. The highest BCUT2D eigenvalue weighted by atomic mass is 19.4. The number of aryl methyl sites for hydroxylation is 1. The third-order valence-electron chi connectivity index (χ3n) is 5.53. The van der Waals surface area contributed by atoms with E-state index in [2.05, 4.69) is 15.5 Å². The summed E-state index contributed by atoms with van der Waals surface area (Å²) in [6.45, 7) is 3.25. The second kappa shape index (κ2) is 9.12. The lowest BCUT2D eigenvalue weighted by molar-refractivity contribution is -0.137. The Hall–Kier alpha value is -3.20. The number of alkyl halides is 3. The highest BCUT2D eigenvalue weighted by molar-refractivity contribution is 5.93. The van der Waals surface area contributed by atoms with Gasteiger partial charge in [-0.15, -0.1) is 0 Å². The number of rotatable bonds is 5. The molecule has 1 fully saturated rings. The van der Waals surface area contributed by atoms with Crippen molar-refractivity contribution in [1.82, 2.24) is 15.0 Å². The molecular formula is C23H23F3N4O2. The molecule has 2 heterocycles. The number of nitrogens with one attached hydrogen (secondary N) is 1. The zero-order valence-corrected chi connectivity index (χ0v) is 17.5. The molecule has 0 unspecified atom stereocenters. The van der Waals surface area contributed by atoms with E-state index in [9.17, 15) is 18.0 Å². The van der Waals surface area contributed by atoms with E-state index in [0.717, 1.165) is 30.0 Å². The molecule has 0 atom stereocenters. The summed E-state index contributed by atoms with van der Waals surface area (Å²) in [7, 11) is 0. The summed E-state index contributed by atoms with van der Waals surface area (Å²) in [5.41, 5.74) is 0.925. The van der Waals surface area contributed by atoms with Crippen LogP contribution < -0.4 is 5.32 Å². The molecule has 1 amide bonds. The molecule has 0 spiro atoms. The highest BCUT2D eigenvalue weighted by Gasteiger charge is 2.34. The summed E-state index contributed by atoms with van der Waals surface area (Å²) in [5.74, 6) is 0.740. The van der Waals surface area contributed by atoms with E-state index >= 15 is 0 Å². The minimum atomic E-state index is -4.52. The molecule has 32 heavy (non-hydrogen) atoms. The average Bonchev–Trinajstić information content (AvgIpc) is 3.24. The van der Waals surface area contributed by atoms with Crippen molar-refractivity contribution in [1.29, 1.82) is 0 Å². The Labute approximate surface area is 183 Å². The number of para-hydroxylation sites is 1. The Bertz CT molecular complexity index is 1090. The van der Waals surface area contributed by atoms with Gasteiger partial charge in [-0.05, 0) is 51.1 Å². The van der Waals surface area contributed by atoms with Gasteiger partial charge in [0.1, 0.15) is 0 Å². The van der Waals surface area contributed by atoms with E-state index in [0.29, 0.717) is 24.8 Å². The molecule has 0 saturated carbocycles. The van der Waals surface area contributed by atoms with Crippen LogP contribution in [-0.2, 0) is 11.0 Å². The molecule has 3 aromatic rings. The predicted octanol–water partition coefficient (Wildman–Crippen LogP) is 4.88. The monoisotopic (exact) mass is 444 g/mol. The van der Waals surface area contributed by atoms with Crippen LogP contribution in [0.1, 0.15) is 35.8 Å². The van der Waals surface area contributed by atoms with E-state index in [1.807, 2.05) is 36.1 Å². The van der Waals surface area contributed by atoms with Crippen LogP contribution in [0.25, 0.3) is 11.4 Å². The fraction of sp³-hybridized carbons (Fsp3) is 0.348. The van der Waals surface area contributed by atoms with E-state index < -0.39 is 17.6 Å². The van der Waals surface area contributed by atoms with Gasteiger partial charge in [0, 0.05) is 11.5 Å². The Kier molecular flexibility index (Phi) is 6.27. The molecule has 1 N–H and O–H groups in total. The number of benzene rings is 2. The molecule has 1 aliphatic rings. The van der Waals surface area contributed by atoms with Crippen LogP contribution >= 0.6 is 0 Å². The molecule has 6 nitrogen and oxygen atoms in total. The van der Waals surface area contributed by atoms with E-state index in [1.165, 1.54) is 18.2 Å². The first-order chi connectivity index (χ1) is 15.3. The Morgan fingerprint density at radius 1 is 1.16 bits per heavy atom. The van der Waals surface area contributed by atoms with Gasteiger partial charge in [0.05, 0.1) is 17.8 Å². The second-order valence-corrected chi connectivity index (χ2v) is 7.97. The van der Waals surface area contributed by atoms with Crippen molar-refractivity contribution in [3.63, 3.8) is 0 Å². The molecule has 0 aliphatic carbocycles. The third kappa shape index (κ3) is 5.16. The minimum absolute atomic E-state index is 0.0251. The predicted molar refractivity (Wildman–Crippen MR) is 113 cm³/mol. The molecule has 4 rings (SSSR count). The fourth-order valence-corrected chi connectivity index (χ4v) is 3.87. The SMILES string of the molecule is Cc1cccc(-c2noc(C3CCN(CC(=O)Nc4ccccc4C(F)(F)F)CC3)n2)c1. The Balaban J connectivity index is 1.32. The van der Waals surface area contributed by atoms with Crippen LogP contribution in [0.4, 0.5) is 18.9 Å². The van der Waals surface area contributed by atoms with Crippen molar-refractivity contribution in [2.24, 2.45) is 0 Å². The van der Waals surface area contributed by atoms with Crippen LogP contribution in [0, 0.1) is 6.92 Å². The molecule has 168 valence electrons. The standard InChI is InChI=1S/C23H23F3N4O2/c1-15-5-4-6-17(13-15)21-28-22(32-29-21)16-9-11-30(12-10-16)14-20(31)27-19-8-3-2-7-18(19)23(24,25)26/h2-8,13,16H,9-12,14H2,1H3,(H,27,31). The number of piperidine rings is 1. The number of halogens is 3. The first-order valence-electron chi connectivity index (χ1n) is 10.4. The van der Waals surface area contributed by atoms with E-state index in [1.54, 1.807) is 0 Å². The van der Waals surface area contributed by atoms with Gasteiger partial charge in [-0.1, -0.05) is 41.1 Å². The maximum absolute atomic E-state index is 13.1. The lowest BCUT2D eigenvalue weighted by atomic mass is 9.97. The van der Waals surface area contributed by atoms with Crippen LogP contribution in [-0.4, -0.2) is 40.6 Å². The van der Waals surface area contributed by atoms with Crippen LogP contribution in [0.3, 0.4) is 0 Å². The number of nitrogens with zero attached hydrogens (tertiary/aromatic N) is 3. The summed E-state index contributed by atoms with van der Waals surface area (Å²) < 4.78 is 44.8. The molecule has 1 saturated heterocycles. The van der Waals surface area contributed by atoms with Gasteiger partial charge in [0.2, 0.25) is 17.6 Å². The largest absolute Gasteiger partial charge is 0.418 e. The summed E-state index contributed by atoms with van der Waals surface area (Å²) in [5, 5.41) is 6.48.